The molecule has 1 unspecified atom stereocenters. The Morgan fingerprint density at radius 1 is 1.33 bits per heavy atom. The maximum Gasteiger partial charge on any atom is 0.0391 e. The van der Waals surface area contributed by atoms with E-state index in [0.29, 0.717) is 0 Å². The van der Waals surface area contributed by atoms with Gasteiger partial charge in [0.25, 0.3) is 0 Å². The van der Waals surface area contributed by atoms with Crippen LogP contribution in [0.2, 0.25) is 0 Å². The third-order valence-electron chi connectivity index (χ3n) is 2.00. The molecule has 0 saturated carbocycles. The summed E-state index contributed by atoms with van der Waals surface area (Å²) in [6, 6.07) is 0. The highest BCUT2D eigenvalue weighted by Gasteiger charge is 1.93. The fraction of sp³-hybridized carbons (Fsp3) is 0.778. The van der Waals surface area contributed by atoms with Gasteiger partial charge in [0, 0.05) is 11.5 Å². The molecule has 1 nitrogen and oxygen atoms in total. The molecule has 0 aromatic carbocycles. The second-order valence-corrected chi connectivity index (χ2v) is 5.65. The summed E-state index contributed by atoms with van der Waals surface area (Å²) < 4.78 is 4.23. The highest BCUT2D eigenvalue weighted by atomic mass is 31.8. The van der Waals surface area contributed by atoms with E-state index >= 15 is 0 Å². The molecule has 12 heavy (non-hydrogen) atoms. The van der Waals surface area contributed by atoms with E-state index in [1.807, 2.05) is 0 Å². The van der Waals surface area contributed by atoms with Crippen molar-refractivity contribution in [2.75, 3.05) is 0 Å². The monoisotopic (exact) mass is 201 g/mol. The van der Waals surface area contributed by atoms with Crippen LogP contribution in [-0.2, 0) is 6.42 Å². The van der Waals surface area contributed by atoms with Gasteiger partial charge in [0.15, 0.2) is 0 Å². The zero-order valence-electron chi connectivity index (χ0n) is 7.71. The van der Waals surface area contributed by atoms with E-state index in [2.05, 4.69) is 17.9 Å². The molecule has 68 valence electrons. The summed E-state index contributed by atoms with van der Waals surface area (Å²) >= 11 is 0. The van der Waals surface area contributed by atoms with E-state index in [4.69, 9.17) is 0 Å². The lowest BCUT2D eigenvalue weighted by atomic mass is 10.1. The number of aromatic nitrogens is 1. The lowest BCUT2D eigenvalue weighted by Crippen LogP contribution is -1.81. The Bertz CT molecular complexity index is 184. The second-order valence-electron chi connectivity index (χ2n) is 3.13. The largest absolute Gasteiger partial charge is 0.244 e. The highest BCUT2D eigenvalue weighted by molar-refractivity contribution is 7.88. The van der Waals surface area contributed by atoms with Crippen LogP contribution in [0.4, 0.5) is 0 Å². The number of hydrogen-bond acceptors (Lipinski definition) is 1. The summed E-state index contributed by atoms with van der Waals surface area (Å²) in [6.07, 6.45) is 10.3. The predicted molar refractivity (Wildman–Crippen MR) is 58.7 cm³/mol. The minimum atomic E-state index is 0.806. The van der Waals surface area contributed by atoms with E-state index < -0.39 is 0 Å². The van der Waals surface area contributed by atoms with Crippen LogP contribution in [0.1, 0.15) is 44.3 Å². The normalized spacial score (nSPS) is 11.8. The van der Waals surface area contributed by atoms with Gasteiger partial charge < -0.3 is 0 Å². The molecule has 1 aromatic rings. The molecular formula is C9H17NP2. The first-order valence-corrected chi connectivity index (χ1v) is 7.46. The van der Waals surface area contributed by atoms with Gasteiger partial charge in [-0.3, -0.25) is 0 Å². The molecule has 0 bridgehead atoms. The van der Waals surface area contributed by atoms with Crippen LogP contribution < -0.4 is 0 Å². The number of nitrogens with zero attached hydrogens (tertiary/aromatic N) is 1. The van der Waals surface area contributed by atoms with Gasteiger partial charge in [-0.1, -0.05) is 32.6 Å². The molecule has 1 aromatic heterocycles. The van der Waals surface area contributed by atoms with Crippen molar-refractivity contribution in [1.82, 2.24) is 4.75 Å². The average molecular weight is 201 g/mol. The van der Waals surface area contributed by atoms with E-state index in [1.165, 1.54) is 46.4 Å². The van der Waals surface area contributed by atoms with Gasteiger partial charge in [0.05, 0.1) is 0 Å². The SMILES string of the molecule is CCCCCCCc1cn[pH]p1. The third kappa shape index (κ3) is 4.24. The molecule has 0 aliphatic rings. The van der Waals surface area contributed by atoms with Crippen LogP contribution in [0.3, 0.4) is 0 Å². The summed E-state index contributed by atoms with van der Waals surface area (Å²) in [5.74, 6) is 0. The molecule has 0 spiro atoms. The molecule has 0 radical (unpaired) electrons. The number of rotatable bonds is 6. The van der Waals surface area contributed by atoms with Gasteiger partial charge in [-0.05, 0) is 28.7 Å². The van der Waals surface area contributed by atoms with Gasteiger partial charge in [0.2, 0.25) is 0 Å². The maximum absolute atomic E-state index is 4.23. The molecule has 0 saturated heterocycles. The van der Waals surface area contributed by atoms with Gasteiger partial charge in [0.1, 0.15) is 0 Å². The zero-order chi connectivity index (χ0) is 8.65. The number of hydrogen-bond donors (Lipinski definition) is 0. The Hall–Kier alpha value is 0.140. The third-order valence-corrected chi connectivity index (χ3v) is 4.48. The van der Waals surface area contributed by atoms with Crippen LogP contribution >= 0.6 is 15.9 Å². The van der Waals surface area contributed by atoms with Gasteiger partial charge in [-0.2, -0.15) is 0 Å². The lowest BCUT2D eigenvalue weighted by Gasteiger charge is -1.97. The van der Waals surface area contributed by atoms with Crippen molar-refractivity contribution < 1.29 is 0 Å². The van der Waals surface area contributed by atoms with Crippen molar-refractivity contribution in [3.8, 4) is 0 Å². The molecule has 3 heteroatoms. The molecule has 0 fully saturated rings. The average Bonchev–Trinajstić information content (AvgIpc) is 2.57. The van der Waals surface area contributed by atoms with Gasteiger partial charge >= 0.3 is 0 Å². The highest BCUT2D eigenvalue weighted by Crippen LogP contribution is 2.24. The van der Waals surface area contributed by atoms with E-state index in [0.717, 1.165) is 8.03 Å². The van der Waals surface area contributed by atoms with Crippen molar-refractivity contribution in [1.29, 1.82) is 0 Å². The fourth-order valence-electron chi connectivity index (χ4n) is 1.26. The van der Waals surface area contributed by atoms with E-state index in [1.54, 1.807) is 5.30 Å². The summed E-state index contributed by atoms with van der Waals surface area (Å²) in [6.45, 7) is 2.26. The van der Waals surface area contributed by atoms with Crippen molar-refractivity contribution in [2.24, 2.45) is 0 Å². The molecular weight excluding hydrogens is 184 g/mol. The smallest absolute Gasteiger partial charge is 0.0391 e. The van der Waals surface area contributed by atoms with Crippen LogP contribution in [0.15, 0.2) is 6.20 Å². The van der Waals surface area contributed by atoms with Crippen molar-refractivity contribution >= 4 is 15.9 Å². The quantitative estimate of drug-likeness (QED) is 0.628. The van der Waals surface area contributed by atoms with Gasteiger partial charge in [-0.25, -0.2) is 4.75 Å². The first kappa shape index (κ1) is 10.2. The van der Waals surface area contributed by atoms with Crippen LogP contribution in [-0.4, -0.2) is 4.75 Å². The molecule has 0 aliphatic heterocycles. The number of unbranched alkanes of at least 4 members (excludes halogenated alkanes) is 4. The van der Waals surface area contributed by atoms with Gasteiger partial charge in [-0.15, -0.1) is 0 Å². The van der Waals surface area contributed by atoms with Crippen LogP contribution in [0.25, 0.3) is 0 Å². The Morgan fingerprint density at radius 2 is 2.17 bits per heavy atom. The van der Waals surface area contributed by atoms with Crippen LogP contribution in [0.5, 0.6) is 0 Å². The van der Waals surface area contributed by atoms with E-state index in [-0.39, 0.29) is 0 Å². The Morgan fingerprint density at radius 3 is 2.83 bits per heavy atom. The van der Waals surface area contributed by atoms with Crippen LogP contribution in [0, 0.1) is 0 Å². The van der Waals surface area contributed by atoms with Crippen molar-refractivity contribution in [3.63, 3.8) is 0 Å². The fourth-order valence-corrected chi connectivity index (χ4v) is 3.39. The summed E-state index contributed by atoms with van der Waals surface area (Å²) in [5, 5.41) is 1.56. The molecule has 1 atom stereocenters. The Balaban J connectivity index is 1.96. The molecule has 1 heterocycles. The number of aryl methyl sites for hydroxylation is 1. The molecule has 0 amide bonds. The topological polar surface area (TPSA) is 12.9 Å². The first-order valence-electron chi connectivity index (χ1n) is 4.78. The Labute approximate surface area is 78.1 Å². The molecule has 1 rings (SSSR count). The standard InChI is InChI=1S/C9H17NP2/c1-2-3-4-5-6-7-9-8-10-12-11-9/h8,12H,2-7H2,1H3. The minimum absolute atomic E-state index is 0.806. The summed E-state index contributed by atoms with van der Waals surface area (Å²) in [5.41, 5.74) is 0. The predicted octanol–water partition coefficient (Wildman–Crippen LogP) is 4.21. The van der Waals surface area contributed by atoms with E-state index in [9.17, 15) is 0 Å². The molecule has 0 N–H and O–H groups in total. The minimum Gasteiger partial charge on any atom is -0.244 e. The molecule has 0 aliphatic carbocycles. The van der Waals surface area contributed by atoms with Crippen molar-refractivity contribution in [3.05, 3.63) is 11.5 Å². The van der Waals surface area contributed by atoms with Crippen molar-refractivity contribution in [2.45, 2.75) is 45.4 Å². The second kappa shape index (κ2) is 6.63. The summed E-state index contributed by atoms with van der Waals surface area (Å²) in [7, 11) is 2.29. The lowest BCUT2D eigenvalue weighted by molar-refractivity contribution is 0.634. The maximum atomic E-state index is 4.23. The zero-order valence-corrected chi connectivity index (χ0v) is 9.61. The first-order chi connectivity index (χ1) is 5.93. The summed E-state index contributed by atoms with van der Waals surface area (Å²) in [4.78, 5) is 0. The Kier molecular flexibility index (Phi) is 5.65.